The first-order valence-electron chi connectivity index (χ1n) is 12.7. The maximum atomic E-state index is 11.6. The predicted molar refractivity (Wildman–Crippen MR) is 195 cm³/mol. The van der Waals surface area contributed by atoms with Crippen LogP contribution in [0.3, 0.4) is 0 Å². The van der Waals surface area contributed by atoms with Gasteiger partial charge in [-0.25, -0.2) is 4.79 Å². The number of hydrogen-bond acceptors (Lipinski definition) is 8. The van der Waals surface area contributed by atoms with Crippen LogP contribution in [0.15, 0.2) is 12.2 Å². The third-order valence-electron chi connectivity index (χ3n) is 5.68. The number of aliphatic hydroxyl groups excluding tert-OH is 1. The van der Waals surface area contributed by atoms with Crippen molar-refractivity contribution in [1.82, 2.24) is 0 Å². The second-order valence-corrected chi connectivity index (χ2v) is 23.0. The Morgan fingerprint density at radius 3 is 1.62 bits per heavy atom. The molecule has 0 fully saturated rings. The molecule has 0 aromatic heterocycles. The lowest BCUT2D eigenvalue weighted by molar-refractivity contribution is -0.138. The van der Waals surface area contributed by atoms with Crippen molar-refractivity contribution in [2.45, 2.75) is 142 Å². The molecular weight excluding hydrogens is 585 g/mol. The Kier molecular flexibility index (Phi) is 46.3. The van der Waals surface area contributed by atoms with E-state index in [9.17, 15) is 9.90 Å². The molecule has 42 heavy (non-hydrogen) atoms. The van der Waals surface area contributed by atoms with Crippen LogP contribution in [0.4, 0.5) is 0 Å². The molecule has 0 aromatic rings. The van der Waals surface area contributed by atoms with Crippen LogP contribution in [0, 0.1) is 0 Å². The summed E-state index contributed by atoms with van der Waals surface area (Å²) in [6.45, 7) is 18.7. The Balaban J connectivity index is -0.000000275. The minimum absolute atomic E-state index is 0. The molecule has 0 heterocycles. The van der Waals surface area contributed by atoms with Gasteiger partial charge in [-0.3, -0.25) is 0 Å². The average molecular weight is 665 g/mol. The van der Waals surface area contributed by atoms with E-state index in [4.69, 9.17) is 27.2 Å². The molecule has 0 radical (unpaired) electrons. The lowest BCUT2D eigenvalue weighted by Crippen LogP contribution is -2.54. The van der Waals surface area contributed by atoms with Crippen LogP contribution in [0.25, 0.3) is 0 Å². The molecule has 0 aliphatic rings. The van der Waals surface area contributed by atoms with Crippen molar-refractivity contribution in [3.05, 3.63) is 12.2 Å². The van der Waals surface area contributed by atoms with Gasteiger partial charge in [0.05, 0.1) is 32.5 Å². The highest BCUT2D eigenvalue weighted by molar-refractivity contribution is 6.88. The fourth-order valence-electron chi connectivity index (χ4n) is 3.96. The topological polar surface area (TPSA) is 92.7 Å². The fourth-order valence-corrected chi connectivity index (χ4v) is 18.3. The third kappa shape index (κ3) is 31.1. The van der Waals surface area contributed by atoms with Crippen molar-refractivity contribution in [3.63, 3.8) is 0 Å². The summed E-state index contributed by atoms with van der Waals surface area (Å²) in [4.78, 5) is 11.6. The van der Waals surface area contributed by atoms with E-state index in [0.717, 1.165) is 43.8 Å². The summed E-state index contributed by atoms with van der Waals surface area (Å²) >= 11 is 0. The highest BCUT2D eigenvalue weighted by Crippen LogP contribution is 2.30. The van der Waals surface area contributed by atoms with Crippen molar-refractivity contribution in [2.75, 3.05) is 47.3 Å². The molecule has 0 aliphatic heterocycles. The van der Waals surface area contributed by atoms with Crippen molar-refractivity contribution in [2.24, 2.45) is 0 Å². The smallest absolute Gasteiger partial charge is 0.333 e. The summed E-state index contributed by atoms with van der Waals surface area (Å²) < 4.78 is 35.1. The number of hydrogen-bond donors (Lipinski definition) is 1. The second kappa shape index (κ2) is 32.0. The standard InChI is InChI=1S/C24H52O8Si3.7CH4/c1-22(2)24(26)30-15-12-19-34(7,8)32-35(9,20-10-13-23(21-25)28-4)31-33(5,6)18-11-14-29-17-16-27-3;;;;;;;/h23,25H,1,10-21H2,2-9H3;7*1H4. The van der Waals surface area contributed by atoms with Crippen molar-refractivity contribution < 1.29 is 37.1 Å². The zero-order valence-corrected chi connectivity index (χ0v) is 26.6. The summed E-state index contributed by atoms with van der Waals surface area (Å²) in [5.74, 6) is -0.344. The summed E-state index contributed by atoms with van der Waals surface area (Å²) in [7, 11) is -3.22. The van der Waals surface area contributed by atoms with E-state index in [1.54, 1.807) is 21.1 Å². The molecule has 0 rings (SSSR count). The van der Waals surface area contributed by atoms with Gasteiger partial charge in [-0.05, 0) is 83.5 Å². The van der Waals surface area contributed by atoms with E-state index < -0.39 is 25.2 Å². The molecule has 2 unspecified atom stereocenters. The van der Waals surface area contributed by atoms with Gasteiger partial charge in [0.2, 0.25) is 0 Å². The minimum Gasteiger partial charge on any atom is -0.462 e. The van der Waals surface area contributed by atoms with Crippen LogP contribution in [-0.4, -0.2) is 89.6 Å². The normalized spacial score (nSPS) is 12.5. The monoisotopic (exact) mass is 665 g/mol. The van der Waals surface area contributed by atoms with Crippen LogP contribution in [0.1, 0.15) is 84.6 Å². The van der Waals surface area contributed by atoms with E-state index in [-0.39, 0.29) is 70.7 Å². The van der Waals surface area contributed by atoms with Crippen molar-refractivity contribution in [3.8, 4) is 0 Å². The van der Waals surface area contributed by atoms with Crippen LogP contribution < -0.4 is 0 Å². The van der Waals surface area contributed by atoms with Gasteiger partial charge >= 0.3 is 14.5 Å². The molecule has 0 aromatic carbocycles. The zero-order valence-electron chi connectivity index (χ0n) is 23.6. The molecule has 0 aliphatic carbocycles. The molecule has 0 amide bonds. The second-order valence-electron chi connectivity index (χ2n) is 10.5. The SMILES string of the molecule is C.C.C.C.C.C.C.C=C(C)C(=O)OCCC[Si](C)(C)O[Si](C)(CCCC(CO)OC)O[Si](C)(C)CCCOCCOC. The lowest BCUT2D eigenvalue weighted by atomic mass is 10.2. The Morgan fingerprint density at radius 1 is 0.738 bits per heavy atom. The van der Waals surface area contributed by atoms with Crippen molar-refractivity contribution in [1.29, 1.82) is 0 Å². The van der Waals surface area contributed by atoms with E-state index in [1.807, 2.05) is 0 Å². The first-order chi connectivity index (χ1) is 16.3. The number of esters is 1. The van der Waals surface area contributed by atoms with E-state index >= 15 is 0 Å². The number of methoxy groups -OCH3 is 2. The molecule has 1 N–H and O–H groups in total. The molecule has 8 nitrogen and oxygen atoms in total. The number of ether oxygens (including phenoxy) is 4. The van der Waals surface area contributed by atoms with Crippen LogP contribution >= 0.6 is 0 Å². The summed E-state index contributed by atoms with van der Waals surface area (Å²) in [5, 5.41) is 9.47. The van der Waals surface area contributed by atoms with E-state index in [2.05, 4.69) is 39.3 Å². The number of aliphatic hydroxyl groups is 1. The van der Waals surface area contributed by atoms with Gasteiger partial charge in [0.25, 0.3) is 0 Å². The van der Waals surface area contributed by atoms with Crippen molar-refractivity contribution >= 4 is 31.2 Å². The van der Waals surface area contributed by atoms with E-state index in [0.29, 0.717) is 32.0 Å². The van der Waals surface area contributed by atoms with Crippen LogP contribution in [0.5, 0.6) is 0 Å². The largest absolute Gasteiger partial charge is 0.462 e. The van der Waals surface area contributed by atoms with Gasteiger partial charge in [-0.2, -0.15) is 0 Å². The molecular formula is C31H80O8Si3. The average Bonchev–Trinajstić information content (AvgIpc) is 2.75. The van der Waals surface area contributed by atoms with Gasteiger partial charge in [-0.1, -0.05) is 58.6 Å². The van der Waals surface area contributed by atoms with Crippen LogP contribution in [-0.2, 0) is 32.0 Å². The maximum Gasteiger partial charge on any atom is 0.333 e. The number of rotatable bonds is 22. The summed E-state index contributed by atoms with van der Waals surface area (Å²) in [5.41, 5.74) is 0.416. The lowest BCUT2D eigenvalue weighted by Gasteiger charge is -2.41. The minimum atomic E-state index is -2.49. The zero-order chi connectivity index (χ0) is 27.0. The predicted octanol–water partition coefficient (Wildman–Crippen LogP) is 9.30. The Labute approximate surface area is 268 Å². The van der Waals surface area contributed by atoms with Gasteiger partial charge in [0, 0.05) is 26.4 Å². The molecule has 0 saturated carbocycles. The van der Waals surface area contributed by atoms with Gasteiger partial charge in [0.15, 0.2) is 16.6 Å². The first-order valence-corrected chi connectivity index (χ1v) is 21.5. The van der Waals surface area contributed by atoms with Crippen LogP contribution in [0.2, 0.25) is 50.9 Å². The first kappa shape index (κ1) is 60.8. The molecule has 0 bridgehead atoms. The van der Waals surface area contributed by atoms with Gasteiger partial charge in [-0.15, -0.1) is 0 Å². The Morgan fingerprint density at radius 2 is 1.21 bits per heavy atom. The van der Waals surface area contributed by atoms with Gasteiger partial charge < -0.3 is 32.3 Å². The summed E-state index contributed by atoms with van der Waals surface area (Å²) in [6, 6.07) is 2.74. The maximum absolute atomic E-state index is 11.6. The highest BCUT2D eigenvalue weighted by Gasteiger charge is 2.42. The number of carbonyl (C=O) groups is 1. The molecule has 11 heteroatoms. The van der Waals surface area contributed by atoms with E-state index in [1.165, 1.54) is 0 Å². The molecule has 0 saturated heterocycles. The molecule has 2 atom stereocenters. The number of carbonyl (C=O) groups excluding carboxylic acids is 1. The molecule has 0 spiro atoms. The summed E-state index contributed by atoms with van der Waals surface area (Å²) in [6.07, 6.45) is 3.22. The fraction of sp³-hybridized carbons (Fsp3) is 0.903. The Bertz CT molecular complexity index is 603. The molecule has 264 valence electrons. The van der Waals surface area contributed by atoms with Gasteiger partial charge in [0.1, 0.15) is 0 Å². The third-order valence-corrected chi connectivity index (χ3v) is 17.9. The highest BCUT2D eigenvalue weighted by atomic mass is 28.5. The quantitative estimate of drug-likeness (QED) is 0.0530. The Hall–Kier alpha value is -0.379.